The first-order chi connectivity index (χ1) is 5.18. The van der Waals surface area contributed by atoms with E-state index in [-0.39, 0.29) is 0 Å². The molecule has 0 heterocycles. The molecule has 0 saturated heterocycles. The van der Waals surface area contributed by atoms with Gasteiger partial charge in [0.2, 0.25) is 0 Å². The summed E-state index contributed by atoms with van der Waals surface area (Å²) in [5.74, 6) is -0.944. The van der Waals surface area contributed by atoms with Gasteiger partial charge in [0.25, 0.3) is 0 Å². The molecule has 1 atom stereocenters. The van der Waals surface area contributed by atoms with Crippen molar-refractivity contribution in [3.63, 3.8) is 0 Å². The zero-order chi connectivity index (χ0) is 10.4. The van der Waals surface area contributed by atoms with Gasteiger partial charge in [-0.05, 0) is 0 Å². The molecular formula is C3H10NO6PSe. The average molecular weight is 266 g/mol. The van der Waals surface area contributed by atoms with Crippen molar-refractivity contribution < 1.29 is 29.1 Å². The Hall–Kier alpha value is 0.0595. The molecule has 0 spiro atoms. The molecule has 0 bridgehead atoms. The summed E-state index contributed by atoms with van der Waals surface area (Å²) in [6.07, 6.45) is 0. The van der Waals surface area contributed by atoms with Crippen LogP contribution >= 0.6 is 7.82 Å². The predicted octanol–water partition coefficient (Wildman–Crippen LogP) is -2.21. The van der Waals surface area contributed by atoms with Gasteiger partial charge in [0.1, 0.15) is 0 Å². The molecule has 0 fully saturated rings. The summed E-state index contributed by atoms with van der Waals surface area (Å²) in [5, 5.41) is 8.48. The third kappa shape index (κ3) is 22.5. The Morgan fingerprint density at radius 1 is 1.50 bits per heavy atom. The molecule has 0 aromatic heterocycles. The standard InChI is InChI=1S/C3H7NO2Se.H3O4P/c4-2(1-7)3(5)6;1-5(2,3)4/h2,7H,1,4H2,(H,5,6);(H3,1,2,3,4). The van der Waals surface area contributed by atoms with Gasteiger partial charge >= 0.3 is 56.8 Å². The number of carbonyl (C=O) groups is 1. The van der Waals surface area contributed by atoms with Gasteiger partial charge < -0.3 is 14.7 Å². The van der Waals surface area contributed by atoms with Crippen molar-refractivity contribution in [1.29, 1.82) is 0 Å². The van der Waals surface area contributed by atoms with Gasteiger partial charge in [-0.25, -0.2) is 4.57 Å². The number of nitrogens with two attached hydrogens (primary N) is 1. The van der Waals surface area contributed by atoms with Gasteiger partial charge in [0.05, 0.1) is 0 Å². The molecule has 0 saturated carbocycles. The number of hydrogen-bond acceptors (Lipinski definition) is 3. The Balaban J connectivity index is 0. The van der Waals surface area contributed by atoms with E-state index >= 15 is 0 Å². The Morgan fingerprint density at radius 2 is 1.75 bits per heavy atom. The summed E-state index contributed by atoms with van der Waals surface area (Å²) >= 11 is 2.13. The van der Waals surface area contributed by atoms with Crippen LogP contribution in [0.25, 0.3) is 0 Å². The number of carboxylic acid groups (broad SMARTS) is 1. The van der Waals surface area contributed by atoms with Crippen LogP contribution in [-0.2, 0) is 9.36 Å². The predicted molar refractivity (Wildman–Crippen MR) is 41.8 cm³/mol. The fraction of sp³-hybridized carbons (Fsp3) is 0.667. The van der Waals surface area contributed by atoms with E-state index in [0.29, 0.717) is 5.32 Å². The molecule has 0 aliphatic rings. The first kappa shape index (κ1) is 14.6. The maximum Gasteiger partial charge on any atom is 0.466 e. The molecule has 0 aliphatic heterocycles. The Labute approximate surface area is 76.6 Å². The quantitative estimate of drug-likeness (QED) is 0.282. The molecular weight excluding hydrogens is 256 g/mol. The van der Waals surface area contributed by atoms with E-state index in [1.807, 2.05) is 0 Å². The maximum absolute atomic E-state index is 9.80. The van der Waals surface area contributed by atoms with Crippen molar-refractivity contribution in [2.45, 2.75) is 11.4 Å². The van der Waals surface area contributed by atoms with Crippen molar-refractivity contribution >= 4 is 29.8 Å². The van der Waals surface area contributed by atoms with E-state index in [1.54, 1.807) is 0 Å². The van der Waals surface area contributed by atoms with Gasteiger partial charge in [-0.15, -0.1) is 0 Å². The number of aliphatic carboxylic acids is 1. The molecule has 9 heteroatoms. The Kier molecular flexibility index (Phi) is 7.97. The summed E-state index contributed by atoms with van der Waals surface area (Å²) in [5.41, 5.74) is 5.00. The van der Waals surface area contributed by atoms with E-state index in [0.717, 1.165) is 0 Å². The maximum atomic E-state index is 9.80. The fourth-order valence-electron chi connectivity index (χ4n) is 0.0781. The smallest absolute Gasteiger partial charge is 0.303 e. The van der Waals surface area contributed by atoms with Crippen molar-refractivity contribution in [2.24, 2.45) is 5.73 Å². The summed E-state index contributed by atoms with van der Waals surface area (Å²) in [7, 11) is -4.64. The minimum absolute atomic E-state index is 0.433. The second-order valence-electron chi connectivity index (χ2n) is 1.64. The van der Waals surface area contributed by atoms with Gasteiger partial charge in [0.15, 0.2) is 0 Å². The van der Waals surface area contributed by atoms with Gasteiger partial charge in [-0.2, -0.15) is 0 Å². The normalized spacial score (nSPS) is 12.8. The van der Waals surface area contributed by atoms with Crippen LogP contribution in [0.4, 0.5) is 0 Å². The van der Waals surface area contributed by atoms with Crippen LogP contribution in [0.1, 0.15) is 0 Å². The second-order valence-corrected chi connectivity index (χ2v) is 3.43. The molecule has 0 aliphatic carbocycles. The van der Waals surface area contributed by atoms with Gasteiger partial charge in [0, 0.05) is 0 Å². The molecule has 12 heavy (non-hydrogen) atoms. The monoisotopic (exact) mass is 267 g/mol. The third-order valence-electron chi connectivity index (χ3n) is 0.514. The van der Waals surface area contributed by atoms with Crippen LogP contribution in [0.3, 0.4) is 0 Å². The van der Waals surface area contributed by atoms with E-state index in [4.69, 9.17) is 30.1 Å². The topological polar surface area (TPSA) is 141 Å². The number of hydrogen-bond donors (Lipinski definition) is 5. The SMILES string of the molecule is NC(C[SeH])C(=O)O.O=P(O)(O)O. The minimum Gasteiger partial charge on any atom is -0.303 e. The molecule has 7 nitrogen and oxygen atoms in total. The average Bonchev–Trinajstić information content (AvgIpc) is 1.82. The van der Waals surface area contributed by atoms with Crippen molar-refractivity contribution in [1.82, 2.24) is 0 Å². The number of phosphoric acid groups is 1. The zero-order valence-electron chi connectivity index (χ0n) is 5.86. The van der Waals surface area contributed by atoms with E-state index in [2.05, 4.69) is 16.0 Å². The second kappa shape index (κ2) is 6.56. The van der Waals surface area contributed by atoms with E-state index < -0.39 is 19.8 Å². The molecule has 0 aromatic rings. The molecule has 0 rings (SSSR count). The zero-order valence-corrected chi connectivity index (χ0v) is 8.63. The van der Waals surface area contributed by atoms with Crippen LogP contribution in [0.15, 0.2) is 0 Å². The van der Waals surface area contributed by atoms with Crippen LogP contribution in [-0.4, -0.2) is 47.8 Å². The van der Waals surface area contributed by atoms with Gasteiger partial charge in [-0.1, -0.05) is 0 Å². The molecule has 6 N–H and O–H groups in total. The number of carboxylic acids is 1. The number of rotatable bonds is 2. The third-order valence-corrected chi connectivity index (χ3v) is 1.34. The Bertz CT molecular complexity index is 171. The largest absolute Gasteiger partial charge is 0.466 e. The molecule has 74 valence electrons. The minimum atomic E-state index is -4.64. The van der Waals surface area contributed by atoms with Crippen LogP contribution in [0, 0.1) is 0 Å². The fourth-order valence-corrected chi connectivity index (χ4v) is 0.406. The van der Waals surface area contributed by atoms with Crippen molar-refractivity contribution in [3.8, 4) is 0 Å². The first-order valence-electron chi connectivity index (χ1n) is 2.56. The molecule has 0 aromatic carbocycles. The summed E-state index contributed by atoms with van der Waals surface area (Å²) in [6, 6.07) is -0.708. The van der Waals surface area contributed by atoms with Crippen LogP contribution < -0.4 is 5.73 Å². The molecule has 0 radical (unpaired) electrons. The molecule has 0 amide bonds. The van der Waals surface area contributed by atoms with Crippen molar-refractivity contribution in [2.75, 3.05) is 0 Å². The first-order valence-corrected chi connectivity index (χ1v) is 5.45. The molecule has 1 unspecified atom stereocenters. The Morgan fingerprint density at radius 3 is 1.75 bits per heavy atom. The van der Waals surface area contributed by atoms with Crippen LogP contribution in [0.2, 0.25) is 5.32 Å². The van der Waals surface area contributed by atoms with Gasteiger partial charge in [-0.3, -0.25) is 0 Å². The summed E-state index contributed by atoms with van der Waals surface area (Å²) < 4.78 is 8.88. The summed E-state index contributed by atoms with van der Waals surface area (Å²) in [6.45, 7) is 0. The summed E-state index contributed by atoms with van der Waals surface area (Å²) in [4.78, 5) is 31.4. The van der Waals surface area contributed by atoms with E-state index in [9.17, 15) is 4.79 Å². The van der Waals surface area contributed by atoms with Crippen molar-refractivity contribution in [3.05, 3.63) is 0 Å². The van der Waals surface area contributed by atoms with Crippen LogP contribution in [0.5, 0.6) is 0 Å². The van der Waals surface area contributed by atoms with E-state index in [1.165, 1.54) is 0 Å².